The standard InChI is InChI=1S/C8H12N4O3S/c1-4(3-13)16-7-6(12(14)15)5(2)10-8(9)11-7/h4,13H,3H2,1-2H3,(H2,9,10,11). The molecule has 1 aromatic rings. The monoisotopic (exact) mass is 244 g/mol. The second kappa shape index (κ2) is 5.08. The van der Waals surface area contributed by atoms with Crippen molar-refractivity contribution in [1.29, 1.82) is 0 Å². The Hall–Kier alpha value is -1.41. The highest BCUT2D eigenvalue weighted by Gasteiger charge is 2.23. The van der Waals surface area contributed by atoms with Crippen molar-refractivity contribution in [2.24, 2.45) is 0 Å². The van der Waals surface area contributed by atoms with Crippen molar-refractivity contribution in [2.75, 3.05) is 12.3 Å². The molecule has 88 valence electrons. The summed E-state index contributed by atoms with van der Waals surface area (Å²) >= 11 is 1.10. The molecule has 0 aliphatic carbocycles. The summed E-state index contributed by atoms with van der Waals surface area (Å²) in [6.45, 7) is 3.15. The van der Waals surface area contributed by atoms with Crippen LogP contribution in [0, 0.1) is 17.0 Å². The summed E-state index contributed by atoms with van der Waals surface area (Å²) in [4.78, 5) is 17.8. The molecule has 1 heterocycles. The number of nitrogens with zero attached hydrogens (tertiary/aromatic N) is 3. The zero-order valence-electron chi connectivity index (χ0n) is 8.88. The maximum absolute atomic E-state index is 10.8. The van der Waals surface area contributed by atoms with Gasteiger partial charge in [0.2, 0.25) is 5.95 Å². The van der Waals surface area contributed by atoms with E-state index >= 15 is 0 Å². The molecule has 7 nitrogen and oxygen atoms in total. The van der Waals surface area contributed by atoms with Gasteiger partial charge in [-0.15, -0.1) is 0 Å². The Morgan fingerprint density at radius 2 is 2.25 bits per heavy atom. The van der Waals surface area contributed by atoms with Gasteiger partial charge in [0.15, 0.2) is 5.03 Å². The molecule has 0 aromatic carbocycles. The van der Waals surface area contributed by atoms with Crippen LogP contribution in [0.2, 0.25) is 0 Å². The third-order valence-electron chi connectivity index (χ3n) is 1.80. The number of aromatic nitrogens is 2. The fourth-order valence-electron chi connectivity index (χ4n) is 1.08. The van der Waals surface area contributed by atoms with Crippen molar-refractivity contribution in [1.82, 2.24) is 9.97 Å². The van der Waals surface area contributed by atoms with E-state index in [-0.39, 0.29) is 34.2 Å². The van der Waals surface area contributed by atoms with Crippen molar-refractivity contribution in [3.05, 3.63) is 15.8 Å². The van der Waals surface area contributed by atoms with Crippen LogP contribution in [0.25, 0.3) is 0 Å². The number of thioether (sulfide) groups is 1. The zero-order chi connectivity index (χ0) is 12.3. The van der Waals surface area contributed by atoms with Crippen LogP contribution in [0.15, 0.2) is 5.03 Å². The van der Waals surface area contributed by atoms with E-state index in [0.29, 0.717) is 0 Å². The van der Waals surface area contributed by atoms with Crippen LogP contribution >= 0.6 is 11.8 Å². The van der Waals surface area contributed by atoms with Crippen LogP contribution in [0.3, 0.4) is 0 Å². The average molecular weight is 244 g/mol. The highest BCUT2D eigenvalue weighted by Crippen LogP contribution is 2.32. The molecule has 0 aliphatic rings. The first-order valence-electron chi connectivity index (χ1n) is 4.51. The number of rotatable bonds is 4. The van der Waals surface area contributed by atoms with E-state index in [1.165, 1.54) is 6.92 Å². The predicted octanol–water partition coefficient (Wildman–Crippen LogP) is 0.748. The van der Waals surface area contributed by atoms with Crippen LogP contribution in [-0.2, 0) is 0 Å². The van der Waals surface area contributed by atoms with E-state index in [1.807, 2.05) is 0 Å². The first kappa shape index (κ1) is 12.7. The molecule has 1 unspecified atom stereocenters. The molecule has 8 heteroatoms. The quantitative estimate of drug-likeness (QED) is 0.347. The summed E-state index contributed by atoms with van der Waals surface area (Å²) in [5, 5.41) is 19.7. The molecule has 0 saturated carbocycles. The summed E-state index contributed by atoms with van der Waals surface area (Å²) < 4.78 is 0. The number of anilines is 1. The lowest BCUT2D eigenvalue weighted by Gasteiger charge is -2.08. The largest absolute Gasteiger partial charge is 0.395 e. The summed E-state index contributed by atoms with van der Waals surface area (Å²) in [6, 6.07) is 0. The van der Waals surface area contributed by atoms with Gasteiger partial charge in [-0.1, -0.05) is 18.7 Å². The molecule has 0 spiro atoms. The van der Waals surface area contributed by atoms with Gasteiger partial charge >= 0.3 is 5.69 Å². The van der Waals surface area contributed by atoms with E-state index in [4.69, 9.17) is 10.8 Å². The smallest absolute Gasteiger partial charge is 0.322 e. The van der Waals surface area contributed by atoms with Gasteiger partial charge in [0, 0.05) is 5.25 Å². The second-order valence-corrected chi connectivity index (χ2v) is 4.62. The van der Waals surface area contributed by atoms with Gasteiger partial charge < -0.3 is 10.8 Å². The maximum atomic E-state index is 10.8. The van der Waals surface area contributed by atoms with E-state index in [9.17, 15) is 10.1 Å². The molecular weight excluding hydrogens is 232 g/mol. The van der Waals surface area contributed by atoms with E-state index in [2.05, 4.69) is 9.97 Å². The Labute approximate surface area is 96.2 Å². The third kappa shape index (κ3) is 2.80. The SMILES string of the molecule is Cc1nc(N)nc(SC(C)CO)c1[N+](=O)[O-]. The molecular formula is C8H12N4O3S. The minimum absolute atomic E-state index is 0.00394. The Kier molecular flexibility index (Phi) is 4.02. The van der Waals surface area contributed by atoms with Crippen LogP contribution in [0.1, 0.15) is 12.6 Å². The zero-order valence-corrected chi connectivity index (χ0v) is 9.69. The Bertz CT molecular complexity index is 413. The van der Waals surface area contributed by atoms with Crippen molar-refractivity contribution < 1.29 is 10.0 Å². The summed E-state index contributed by atoms with van der Waals surface area (Å²) in [5.74, 6) is -0.00394. The van der Waals surface area contributed by atoms with E-state index in [1.54, 1.807) is 6.92 Å². The molecule has 0 fully saturated rings. The van der Waals surface area contributed by atoms with Gasteiger partial charge in [-0.25, -0.2) is 4.98 Å². The lowest BCUT2D eigenvalue weighted by Crippen LogP contribution is -2.08. The van der Waals surface area contributed by atoms with Gasteiger partial charge in [0.05, 0.1) is 11.5 Å². The molecule has 1 rings (SSSR count). The summed E-state index contributed by atoms with van der Waals surface area (Å²) in [7, 11) is 0. The van der Waals surface area contributed by atoms with Crippen LogP contribution in [-0.4, -0.2) is 31.9 Å². The fourth-order valence-corrected chi connectivity index (χ4v) is 2.02. The fraction of sp³-hybridized carbons (Fsp3) is 0.500. The topological polar surface area (TPSA) is 115 Å². The Balaban J connectivity index is 3.19. The number of aliphatic hydroxyl groups excluding tert-OH is 1. The number of nitrogen functional groups attached to an aromatic ring is 1. The Morgan fingerprint density at radius 1 is 1.62 bits per heavy atom. The van der Waals surface area contributed by atoms with Crippen molar-refractivity contribution in [3.63, 3.8) is 0 Å². The maximum Gasteiger partial charge on any atom is 0.322 e. The van der Waals surface area contributed by atoms with Gasteiger partial charge in [-0.2, -0.15) is 4.98 Å². The number of aliphatic hydroxyl groups is 1. The number of nitrogens with two attached hydrogens (primary N) is 1. The first-order valence-corrected chi connectivity index (χ1v) is 5.39. The van der Waals surface area contributed by atoms with E-state index < -0.39 is 4.92 Å². The average Bonchev–Trinajstić information content (AvgIpc) is 2.15. The number of aryl methyl sites for hydroxylation is 1. The van der Waals surface area contributed by atoms with Gasteiger partial charge in [0.25, 0.3) is 0 Å². The minimum atomic E-state index is -0.540. The lowest BCUT2D eigenvalue weighted by atomic mass is 10.4. The van der Waals surface area contributed by atoms with Crippen molar-refractivity contribution in [2.45, 2.75) is 24.1 Å². The van der Waals surface area contributed by atoms with Crippen LogP contribution in [0.5, 0.6) is 0 Å². The minimum Gasteiger partial charge on any atom is -0.395 e. The van der Waals surface area contributed by atoms with Gasteiger partial charge in [-0.05, 0) is 6.92 Å². The molecule has 0 radical (unpaired) electrons. The molecule has 1 aromatic heterocycles. The highest BCUT2D eigenvalue weighted by atomic mass is 32.2. The second-order valence-electron chi connectivity index (χ2n) is 3.19. The number of hydrogen-bond acceptors (Lipinski definition) is 7. The first-order chi connectivity index (χ1) is 7.45. The van der Waals surface area contributed by atoms with Gasteiger partial charge in [-0.3, -0.25) is 10.1 Å². The molecule has 1 atom stereocenters. The van der Waals surface area contributed by atoms with Crippen molar-refractivity contribution in [3.8, 4) is 0 Å². The van der Waals surface area contributed by atoms with Crippen molar-refractivity contribution >= 4 is 23.4 Å². The van der Waals surface area contributed by atoms with Crippen LogP contribution < -0.4 is 5.73 Å². The molecule has 0 bridgehead atoms. The predicted molar refractivity (Wildman–Crippen MR) is 60.2 cm³/mol. The normalized spacial score (nSPS) is 12.4. The molecule has 16 heavy (non-hydrogen) atoms. The summed E-state index contributed by atoms with van der Waals surface area (Å²) in [6.07, 6.45) is 0. The van der Waals surface area contributed by atoms with E-state index in [0.717, 1.165) is 11.8 Å². The molecule has 0 saturated heterocycles. The number of hydrogen-bond donors (Lipinski definition) is 2. The Morgan fingerprint density at radius 3 is 2.75 bits per heavy atom. The third-order valence-corrected chi connectivity index (χ3v) is 2.86. The molecule has 0 amide bonds. The number of nitro groups is 1. The molecule has 3 N–H and O–H groups in total. The molecule has 0 aliphatic heterocycles. The van der Waals surface area contributed by atoms with Crippen LogP contribution in [0.4, 0.5) is 11.6 Å². The lowest BCUT2D eigenvalue weighted by molar-refractivity contribution is -0.389. The highest BCUT2D eigenvalue weighted by molar-refractivity contribution is 8.00. The van der Waals surface area contributed by atoms with Gasteiger partial charge in [0.1, 0.15) is 5.69 Å². The summed E-state index contributed by atoms with van der Waals surface area (Å²) in [5.41, 5.74) is 5.50.